The van der Waals surface area contributed by atoms with Gasteiger partial charge >= 0.3 is 0 Å². The Balaban J connectivity index is 1.87. The average molecular weight is 361 g/mol. The van der Waals surface area contributed by atoms with Crippen LogP contribution in [0.4, 0.5) is 17.1 Å². The predicted molar refractivity (Wildman–Crippen MR) is 107 cm³/mol. The summed E-state index contributed by atoms with van der Waals surface area (Å²) in [6.07, 6.45) is 2.72. The molecule has 2 aliphatic heterocycles. The molecule has 2 aliphatic rings. The van der Waals surface area contributed by atoms with E-state index in [9.17, 15) is 9.59 Å². The molecule has 0 aliphatic carbocycles. The standard InChI is InChI=1S/C22H23N3O2/c1-14-12-16(13-15(2)24(14)3)22(27)25-19-10-6-4-8-17(19)21(26)23-18-9-5-7-11-20(18)25/h4-12,14-15H,13H2,1-3H3,(H,23,26)/t14-,15+/m0/s1. The molecule has 0 saturated heterocycles. The molecule has 0 spiro atoms. The molecular weight excluding hydrogens is 338 g/mol. The van der Waals surface area contributed by atoms with Gasteiger partial charge in [-0.25, -0.2) is 0 Å². The summed E-state index contributed by atoms with van der Waals surface area (Å²) in [6.45, 7) is 4.23. The van der Waals surface area contributed by atoms with Crippen molar-refractivity contribution in [3.8, 4) is 0 Å². The van der Waals surface area contributed by atoms with Crippen molar-refractivity contribution < 1.29 is 9.59 Å². The number of likely N-dealkylation sites (N-methyl/N-ethyl adjacent to an activating group) is 1. The minimum atomic E-state index is -0.201. The smallest absolute Gasteiger partial charge is 0.258 e. The van der Waals surface area contributed by atoms with Crippen LogP contribution in [0.1, 0.15) is 30.6 Å². The fourth-order valence-corrected chi connectivity index (χ4v) is 3.82. The molecule has 0 bridgehead atoms. The van der Waals surface area contributed by atoms with Gasteiger partial charge in [0.1, 0.15) is 0 Å². The quantitative estimate of drug-likeness (QED) is 0.837. The van der Waals surface area contributed by atoms with E-state index < -0.39 is 0 Å². The lowest BCUT2D eigenvalue weighted by Crippen LogP contribution is -2.42. The van der Waals surface area contributed by atoms with Gasteiger partial charge in [-0.1, -0.05) is 30.3 Å². The molecule has 0 radical (unpaired) electrons. The number of rotatable bonds is 1. The molecule has 0 unspecified atom stereocenters. The molecule has 5 heteroatoms. The van der Waals surface area contributed by atoms with Crippen LogP contribution in [0.2, 0.25) is 0 Å². The monoisotopic (exact) mass is 361 g/mol. The number of hydrogen-bond acceptors (Lipinski definition) is 3. The summed E-state index contributed by atoms with van der Waals surface area (Å²) in [5.41, 5.74) is 3.23. The van der Waals surface area contributed by atoms with Crippen molar-refractivity contribution in [3.05, 3.63) is 65.7 Å². The largest absolute Gasteiger partial charge is 0.320 e. The van der Waals surface area contributed by atoms with Gasteiger partial charge in [-0.3, -0.25) is 19.4 Å². The van der Waals surface area contributed by atoms with Crippen LogP contribution in [0, 0.1) is 0 Å². The number of nitrogens with one attached hydrogen (secondary N) is 1. The number of carbonyl (C=O) groups excluding carboxylic acids is 2. The Morgan fingerprint density at radius 3 is 2.44 bits per heavy atom. The Morgan fingerprint density at radius 1 is 1.04 bits per heavy atom. The van der Waals surface area contributed by atoms with Gasteiger partial charge in [0.05, 0.1) is 22.6 Å². The normalized spacial score (nSPS) is 22.3. The zero-order chi connectivity index (χ0) is 19.1. The van der Waals surface area contributed by atoms with Gasteiger partial charge in [-0.05, 0) is 51.6 Å². The maximum atomic E-state index is 13.6. The van der Waals surface area contributed by atoms with Crippen LogP contribution in [-0.4, -0.2) is 35.8 Å². The molecule has 4 rings (SSSR count). The molecule has 2 atom stereocenters. The van der Waals surface area contributed by atoms with E-state index in [0.29, 0.717) is 29.0 Å². The highest BCUT2D eigenvalue weighted by molar-refractivity contribution is 6.20. The van der Waals surface area contributed by atoms with E-state index in [1.165, 1.54) is 0 Å². The maximum Gasteiger partial charge on any atom is 0.258 e. The molecule has 0 saturated carbocycles. The zero-order valence-corrected chi connectivity index (χ0v) is 15.8. The molecule has 2 aromatic carbocycles. The minimum Gasteiger partial charge on any atom is -0.320 e. The Kier molecular flexibility index (Phi) is 4.32. The molecule has 2 amide bonds. The lowest BCUT2D eigenvalue weighted by atomic mass is 9.96. The number of carbonyl (C=O) groups is 2. The lowest BCUT2D eigenvalue weighted by molar-refractivity contribution is -0.114. The molecule has 2 heterocycles. The lowest BCUT2D eigenvalue weighted by Gasteiger charge is -2.36. The Hall–Kier alpha value is -2.92. The van der Waals surface area contributed by atoms with E-state index in [4.69, 9.17) is 0 Å². The van der Waals surface area contributed by atoms with Gasteiger partial charge in [-0.2, -0.15) is 0 Å². The predicted octanol–water partition coefficient (Wildman–Crippen LogP) is 3.96. The number of amides is 2. The first-order chi connectivity index (χ1) is 13.0. The first kappa shape index (κ1) is 17.5. The molecule has 0 fully saturated rings. The van der Waals surface area contributed by atoms with Crippen LogP contribution in [0.5, 0.6) is 0 Å². The molecular formula is C22H23N3O2. The number of fused-ring (bicyclic) bond motifs is 2. The summed E-state index contributed by atoms with van der Waals surface area (Å²) in [5.74, 6) is -0.273. The van der Waals surface area contributed by atoms with E-state index >= 15 is 0 Å². The number of nitrogens with zero attached hydrogens (tertiary/aromatic N) is 2. The third-order valence-corrected chi connectivity index (χ3v) is 5.56. The molecule has 1 N–H and O–H groups in total. The second-order valence-electron chi connectivity index (χ2n) is 7.28. The van der Waals surface area contributed by atoms with Gasteiger partial charge in [0.25, 0.3) is 11.8 Å². The second-order valence-corrected chi connectivity index (χ2v) is 7.28. The van der Waals surface area contributed by atoms with E-state index in [1.807, 2.05) is 48.5 Å². The zero-order valence-electron chi connectivity index (χ0n) is 15.8. The third kappa shape index (κ3) is 2.94. The van der Waals surface area contributed by atoms with Crippen LogP contribution in [0.15, 0.2) is 60.2 Å². The van der Waals surface area contributed by atoms with Gasteiger partial charge in [-0.15, -0.1) is 0 Å². The van der Waals surface area contributed by atoms with E-state index in [0.717, 1.165) is 5.57 Å². The van der Waals surface area contributed by atoms with Crippen molar-refractivity contribution >= 4 is 28.9 Å². The summed E-state index contributed by atoms with van der Waals surface area (Å²) in [6, 6.07) is 15.2. The van der Waals surface area contributed by atoms with E-state index in [1.54, 1.807) is 11.0 Å². The molecule has 138 valence electrons. The van der Waals surface area contributed by atoms with Crippen molar-refractivity contribution in [3.63, 3.8) is 0 Å². The summed E-state index contributed by atoms with van der Waals surface area (Å²) in [4.78, 5) is 30.3. The molecule has 27 heavy (non-hydrogen) atoms. The van der Waals surface area contributed by atoms with Crippen LogP contribution in [0.3, 0.4) is 0 Å². The highest BCUT2D eigenvalue weighted by Crippen LogP contribution is 2.39. The molecule has 5 nitrogen and oxygen atoms in total. The van der Waals surface area contributed by atoms with Crippen molar-refractivity contribution in [2.45, 2.75) is 32.4 Å². The SMILES string of the molecule is C[C@@H]1CC(C(=O)N2c3ccccc3NC(=O)c3ccccc32)=C[C@H](C)N1C. The summed E-state index contributed by atoms with van der Waals surface area (Å²) in [5, 5.41) is 2.93. The van der Waals surface area contributed by atoms with Crippen LogP contribution in [0.25, 0.3) is 0 Å². The van der Waals surface area contributed by atoms with Crippen molar-refractivity contribution in [1.29, 1.82) is 0 Å². The molecule has 2 aromatic rings. The van der Waals surface area contributed by atoms with E-state index in [-0.39, 0.29) is 23.9 Å². The fraction of sp³-hybridized carbons (Fsp3) is 0.273. The fourth-order valence-electron chi connectivity index (χ4n) is 3.82. The second kappa shape index (κ2) is 6.67. The maximum absolute atomic E-state index is 13.6. The summed E-state index contributed by atoms with van der Waals surface area (Å²) < 4.78 is 0. The van der Waals surface area contributed by atoms with Crippen LogP contribution >= 0.6 is 0 Å². The Bertz CT molecular complexity index is 950. The molecule has 0 aromatic heterocycles. The van der Waals surface area contributed by atoms with Crippen LogP contribution in [-0.2, 0) is 4.79 Å². The average Bonchev–Trinajstić information content (AvgIpc) is 2.79. The van der Waals surface area contributed by atoms with Crippen molar-refractivity contribution in [2.75, 3.05) is 17.3 Å². The summed E-state index contributed by atoms with van der Waals surface area (Å²) in [7, 11) is 2.08. The Labute approximate surface area is 159 Å². The first-order valence-electron chi connectivity index (χ1n) is 9.24. The van der Waals surface area contributed by atoms with Gasteiger partial charge in [0.2, 0.25) is 0 Å². The van der Waals surface area contributed by atoms with Gasteiger partial charge in [0, 0.05) is 17.7 Å². The summed E-state index contributed by atoms with van der Waals surface area (Å²) >= 11 is 0. The van der Waals surface area contributed by atoms with Gasteiger partial charge < -0.3 is 5.32 Å². The van der Waals surface area contributed by atoms with Crippen LogP contribution < -0.4 is 10.2 Å². The number of para-hydroxylation sites is 3. The minimum absolute atomic E-state index is 0.0711. The highest BCUT2D eigenvalue weighted by atomic mass is 16.2. The van der Waals surface area contributed by atoms with Crippen molar-refractivity contribution in [1.82, 2.24) is 4.90 Å². The number of benzene rings is 2. The van der Waals surface area contributed by atoms with Crippen molar-refractivity contribution in [2.24, 2.45) is 0 Å². The number of hydrogen-bond donors (Lipinski definition) is 1. The highest BCUT2D eigenvalue weighted by Gasteiger charge is 2.33. The van der Waals surface area contributed by atoms with Gasteiger partial charge in [0.15, 0.2) is 0 Å². The topological polar surface area (TPSA) is 52.7 Å². The first-order valence-corrected chi connectivity index (χ1v) is 9.24. The van der Waals surface area contributed by atoms with E-state index in [2.05, 4.69) is 31.1 Å². The Morgan fingerprint density at radius 2 is 1.70 bits per heavy atom. The number of anilines is 3. The third-order valence-electron chi connectivity index (χ3n) is 5.56.